The summed E-state index contributed by atoms with van der Waals surface area (Å²) in [6, 6.07) is 11.1. The van der Waals surface area contributed by atoms with Crippen molar-refractivity contribution < 1.29 is 9.13 Å². The topological polar surface area (TPSA) is 9.23 Å². The van der Waals surface area contributed by atoms with Crippen LogP contribution in [0.3, 0.4) is 0 Å². The van der Waals surface area contributed by atoms with Crippen molar-refractivity contribution in [2.45, 2.75) is 17.7 Å². The van der Waals surface area contributed by atoms with Gasteiger partial charge in [-0.2, -0.15) is 0 Å². The summed E-state index contributed by atoms with van der Waals surface area (Å²) in [5.74, 6) is 0.749. The van der Waals surface area contributed by atoms with E-state index in [0.29, 0.717) is 5.56 Å². The summed E-state index contributed by atoms with van der Waals surface area (Å²) >= 11 is 7.00. The molecular formula is C16H13Br2FO. The first-order valence-electron chi connectivity index (χ1n) is 6.50. The Morgan fingerprint density at radius 3 is 2.85 bits per heavy atom. The second-order valence-electron chi connectivity index (χ2n) is 4.85. The molecule has 0 radical (unpaired) electrons. The first-order chi connectivity index (χ1) is 9.65. The summed E-state index contributed by atoms with van der Waals surface area (Å²) in [5.41, 5.74) is 2.89. The van der Waals surface area contributed by atoms with Crippen molar-refractivity contribution in [2.24, 2.45) is 0 Å². The van der Waals surface area contributed by atoms with Crippen LogP contribution in [0, 0.1) is 5.82 Å². The van der Waals surface area contributed by atoms with Gasteiger partial charge in [-0.3, -0.25) is 0 Å². The third kappa shape index (κ3) is 2.77. The number of fused-ring (bicyclic) bond motifs is 1. The number of ether oxygens (including phenoxy) is 1. The molecule has 1 aliphatic heterocycles. The molecule has 1 unspecified atom stereocenters. The molecule has 1 nitrogen and oxygen atoms in total. The van der Waals surface area contributed by atoms with Crippen LogP contribution in [0.15, 0.2) is 40.9 Å². The predicted molar refractivity (Wildman–Crippen MR) is 85.1 cm³/mol. The van der Waals surface area contributed by atoms with Gasteiger partial charge in [0.15, 0.2) is 0 Å². The lowest BCUT2D eigenvalue weighted by molar-refractivity contribution is 0.288. The van der Waals surface area contributed by atoms with Crippen molar-refractivity contribution in [1.29, 1.82) is 0 Å². The van der Waals surface area contributed by atoms with Crippen molar-refractivity contribution in [3.8, 4) is 5.75 Å². The Hall–Kier alpha value is -0.870. The molecule has 0 fully saturated rings. The minimum absolute atomic E-state index is 0.160. The molecule has 1 heterocycles. The van der Waals surface area contributed by atoms with E-state index in [1.807, 2.05) is 18.2 Å². The van der Waals surface area contributed by atoms with E-state index >= 15 is 0 Å². The van der Waals surface area contributed by atoms with Crippen LogP contribution in [0.5, 0.6) is 5.75 Å². The summed E-state index contributed by atoms with van der Waals surface area (Å²) < 4.78 is 20.5. The van der Waals surface area contributed by atoms with Gasteiger partial charge in [0.05, 0.1) is 11.4 Å². The van der Waals surface area contributed by atoms with Crippen LogP contribution in [0.4, 0.5) is 4.39 Å². The van der Waals surface area contributed by atoms with Gasteiger partial charge >= 0.3 is 0 Å². The van der Waals surface area contributed by atoms with E-state index < -0.39 is 0 Å². The standard InChI is InChI=1S/C16H13Br2FO/c17-12-4-5-14(19)13(9-12)16(18)11-3-6-15-10(8-11)2-1-7-20-15/h3-6,8-9,16H,1-2,7H2. The fourth-order valence-corrected chi connectivity index (χ4v) is 3.44. The molecule has 0 bridgehead atoms. The molecule has 0 saturated heterocycles. The van der Waals surface area contributed by atoms with Gasteiger partial charge in [0.2, 0.25) is 0 Å². The second kappa shape index (κ2) is 5.86. The van der Waals surface area contributed by atoms with Crippen LogP contribution in [-0.4, -0.2) is 6.61 Å². The van der Waals surface area contributed by atoms with Gasteiger partial charge in [-0.1, -0.05) is 44.0 Å². The molecule has 0 saturated carbocycles. The first kappa shape index (κ1) is 14.1. The third-order valence-corrected chi connectivity index (χ3v) is 4.97. The van der Waals surface area contributed by atoms with Crippen molar-refractivity contribution in [2.75, 3.05) is 6.61 Å². The van der Waals surface area contributed by atoms with Gasteiger partial charge in [0.25, 0.3) is 0 Å². The first-order valence-corrected chi connectivity index (χ1v) is 8.20. The fraction of sp³-hybridized carbons (Fsp3) is 0.250. The highest BCUT2D eigenvalue weighted by atomic mass is 79.9. The maximum absolute atomic E-state index is 14.0. The molecule has 4 heteroatoms. The molecule has 0 N–H and O–H groups in total. The second-order valence-corrected chi connectivity index (χ2v) is 6.68. The smallest absolute Gasteiger partial charge is 0.127 e. The van der Waals surface area contributed by atoms with E-state index in [9.17, 15) is 4.39 Å². The van der Waals surface area contributed by atoms with E-state index in [-0.39, 0.29) is 10.6 Å². The maximum Gasteiger partial charge on any atom is 0.127 e. The van der Waals surface area contributed by atoms with Gasteiger partial charge in [-0.15, -0.1) is 0 Å². The zero-order valence-electron chi connectivity index (χ0n) is 10.7. The monoisotopic (exact) mass is 398 g/mol. The predicted octanol–water partition coefficient (Wildman–Crippen LogP) is 5.40. The number of halogens is 3. The lowest BCUT2D eigenvalue weighted by atomic mass is 9.99. The highest BCUT2D eigenvalue weighted by Crippen LogP contribution is 2.36. The third-order valence-electron chi connectivity index (χ3n) is 3.46. The van der Waals surface area contributed by atoms with Crippen LogP contribution in [0.1, 0.15) is 27.9 Å². The van der Waals surface area contributed by atoms with Gasteiger partial charge in [-0.25, -0.2) is 4.39 Å². The molecule has 0 amide bonds. The Labute approximate surface area is 134 Å². The van der Waals surface area contributed by atoms with Crippen LogP contribution >= 0.6 is 31.9 Å². The molecule has 104 valence electrons. The largest absolute Gasteiger partial charge is 0.493 e. The summed E-state index contributed by atoms with van der Waals surface area (Å²) in [7, 11) is 0. The molecule has 1 atom stereocenters. The summed E-state index contributed by atoms with van der Waals surface area (Å²) in [4.78, 5) is -0.160. The van der Waals surface area contributed by atoms with Gasteiger partial charge in [-0.05, 0) is 48.2 Å². The van der Waals surface area contributed by atoms with Crippen LogP contribution in [0.2, 0.25) is 0 Å². The summed E-state index contributed by atoms with van der Waals surface area (Å²) in [6.45, 7) is 0.782. The summed E-state index contributed by atoms with van der Waals surface area (Å²) in [6.07, 6.45) is 2.05. The fourth-order valence-electron chi connectivity index (χ4n) is 2.43. The number of rotatable bonds is 2. The van der Waals surface area contributed by atoms with E-state index in [1.165, 1.54) is 11.6 Å². The number of hydrogen-bond acceptors (Lipinski definition) is 1. The summed E-state index contributed by atoms with van der Waals surface area (Å²) in [5, 5.41) is 0. The molecule has 0 aliphatic carbocycles. The lowest BCUT2D eigenvalue weighted by Gasteiger charge is -2.20. The molecule has 1 aliphatic rings. The molecule has 2 aromatic carbocycles. The van der Waals surface area contributed by atoms with Crippen LogP contribution < -0.4 is 4.74 Å². The normalized spacial score (nSPS) is 15.3. The Morgan fingerprint density at radius 1 is 1.15 bits per heavy atom. The number of hydrogen-bond donors (Lipinski definition) is 0. The minimum atomic E-state index is -0.205. The van der Waals surface area contributed by atoms with Gasteiger partial charge < -0.3 is 4.74 Å². The lowest BCUT2D eigenvalue weighted by Crippen LogP contribution is -2.09. The Morgan fingerprint density at radius 2 is 2.00 bits per heavy atom. The zero-order valence-corrected chi connectivity index (χ0v) is 13.9. The number of benzene rings is 2. The Balaban J connectivity index is 1.97. The van der Waals surface area contributed by atoms with E-state index in [2.05, 4.69) is 37.9 Å². The van der Waals surface area contributed by atoms with Gasteiger partial charge in [0.1, 0.15) is 11.6 Å². The maximum atomic E-state index is 14.0. The SMILES string of the molecule is Fc1ccc(Br)cc1C(Br)c1ccc2c(c1)CCCO2. The molecule has 0 aromatic heterocycles. The average Bonchev–Trinajstić information content (AvgIpc) is 2.48. The Kier molecular flexibility index (Phi) is 4.13. The molecule has 3 rings (SSSR count). The highest BCUT2D eigenvalue weighted by molar-refractivity contribution is 9.10. The molecule has 0 spiro atoms. The van der Waals surface area contributed by atoms with Crippen molar-refractivity contribution >= 4 is 31.9 Å². The average molecular weight is 400 g/mol. The van der Waals surface area contributed by atoms with Gasteiger partial charge in [0, 0.05) is 10.0 Å². The van der Waals surface area contributed by atoms with Crippen LogP contribution in [0.25, 0.3) is 0 Å². The molecule has 2 aromatic rings. The van der Waals surface area contributed by atoms with E-state index in [1.54, 1.807) is 6.07 Å². The number of alkyl halides is 1. The quantitative estimate of drug-likeness (QED) is 0.614. The molecule has 20 heavy (non-hydrogen) atoms. The van der Waals surface area contributed by atoms with Crippen molar-refractivity contribution in [3.63, 3.8) is 0 Å². The van der Waals surface area contributed by atoms with Crippen molar-refractivity contribution in [1.82, 2.24) is 0 Å². The highest BCUT2D eigenvalue weighted by Gasteiger charge is 2.18. The van der Waals surface area contributed by atoms with E-state index in [0.717, 1.165) is 35.2 Å². The number of aryl methyl sites for hydroxylation is 1. The van der Waals surface area contributed by atoms with Crippen molar-refractivity contribution in [3.05, 3.63) is 63.4 Å². The van der Waals surface area contributed by atoms with E-state index in [4.69, 9.17) is 4.74 Å². The Bertz CT molecular complexity index is 642. The zero-order chi connectivity index (χ0) is 14.1. The minimum Gasteiger partial charge on any atom is -0.493 e. The van der Waals surface area contributed by atoms with Crippen LogP contribution in [-0.2, 0) is 6.42 Å². The molecular weight excluding hydrogens is 387 g/mol.